The number of halogens is 2. The van der Waals surface area contributed by atoms with Gasteiger partial charge in [-0.3, -0.25) is 16.3 Å². The van der Waals surface area contributed by atoms with Crippen molar-refractivity contribution >= 4 is 31.9 Å². The first-order valence-electron chi connectivity index (χ1n) is 4.95. The molecule has 1 aromatic heterocycles. The number of nitrogens with zero attached hydrogens (tertiary/aromatic N) is 1. The summed E-state index contributed by atoms with van der Waals surface area (Å²) in [6.45, 7) is 0.728. The highest BCUT2D eigenvalue weighted by Gasteiger charge is 2.14. The molecular formula is C10H15Br2N3O. The third-order valence-electron chi connectivity index (χ3n) is 2.21. The lowest BCUT2D eigenvalue weighted by atomic mass is 10.1. The molecule has 1 heterocycles. The number of nitrogens with one attached hydrogen (secondary N) is 1. The summed E-state index contributed by atoms with van der Waals surface area (Å²) in [6, 6.07) is 2.00. The summed E-state index contributed by atoms with van der Waals surface area (Å²) in [7, 11) is 1.69. The number of ether oxygens (including phenoxy) is 1. The molecule has 90 valence electrons. The second-order valence-corrected chi connectivity index (χ2v) is 5.14. The van der Waals surface area contributed by atoms with Crippen molar-refractivity contribution < 1.29 is 4.74 Å². The molecule has 0 bridgehead atoms. The van der Waals surface area contributed by atoms with Crippen molar-refractivity contribution in [1.82, 2.24) is 10.4 Å². The van der Waals surface area contributed by atoms with Crippen molar-refractivity contribution in [2.45, 2.75) is 18.9 Å². The minimum Gasteiger partial charge on any atom is -0.385 e. The van der Waals surface area contributed by atoms with Crippen LogP contribution in [0.2, 0.25) is 0 Å². The van der Waals surface area contributed by atoms with Gasteiger partial charge in [0.15, 0.2) is 0 Å². The van der Waals surface area contributed by atoms with Gasteiger partial charge in [0, 0.05) is 28.9 Å². The fourth-order valence-corrected chi connectivity index (χ4v) is 2.68. The molecule has 1 atom stereocenters. The Hall–Kier alpha value is -0.0100. The van der Waals surface area contributed by atoms with Gasteiger partial charge >= 0.3 is 0 Å². The zero-order valence-corrected chi connectivity index (χ0v) is 12.2. The second-order valence-electron chi connectivity index (χ2n) is 3.37. The van der Waals surface area contributed by atoms with Crippen molar-refractivity contribution in [3.05, 3.63) is 26.9 Å². The highest BCUT2D eigenvalue weighted by atomic mass is 79.9. The van der Waals surface area contributed by atoms with Crippen molar-refractivity contribution in [2.75, 3.05) is 13.7 Å². The van der Waals surface area contributed by atoms with Crippen LogP contribution < -0.4 is 11.3 Å². The molecule has 0 saturated carbocycles. The van der Waals surface area contributed by atoms with E-state index < -0.39 is 0 Å². The number of hydrogen-bond donors (Lipinski definition) is 2. The molecule has 0 aliphatic heterocycles. The number of nitrogens with two attached hydrogens (primary N) is 1. The standard InChI is InChI=1S/C10H15Br2N3O/c1-16-4-2-3-9(15-13)10-8(12)5-7(11)6-14-10/h5-6,9,15H,2-4,13H2,1H3. The van der Waals surface area contributed by atoms with Gasteiger partial charge in [0.25, 0.3) is 0 Å². The normalized spacial score (nSPS) is 12.8. The molecule has 0 radical (unpaired) electrons. The van der Waals surface area contributed by atoms with Gasteiger partial charge in [-0.2, -0.15) is 0 Å². The van der Waals surface area contributed by atoms with E-state index in [0.717, 1.165) is 34.1 Å². The van der Waals surface area contributed by atoms with Crippen molar-refractivity contribution in [1.29, 1.82) is 0 Å². The average Bonchev–Trinajstić information content (AvgIpc) is 2.26. The lowest BCUT2D eigenvalue weighted by molar-refractivity contribution is 0.188. The largest absolute Gasteiger partial charge is 0.385 e. The van der Waals surface area contributed by atoms with Crippen molar-refractivity contribution in [3.8, 4) is 0 Å². The first-order valence-corrected chi connectivity index (χ1v) is 6.53. The van der Waals surface area contributed by atoms with E-state index in [1.165, 1.54) is 0 Å². The molecule has 1 aromatic rings. The summed E-state index contributed by atoms with van der Waals surface area (Å²) in [5.41, 5.74) is 3.69. The smallest absolute Gasteiger partial charge is 0.0729 e. The van der Waals surface area contributed by atoms with E-state index >= 15 is 0 Å². The Kier molecular flexibility index (Phi) is 6.45. The Balaban J connectivity index is 2.70. The third kappa shape index (κ3) is 4.10. The monoisotopic (exact) mass is 351 g/mol. The topological polar surface area (TPSA) is 60.2 Å². The van der Waals surface area contributed by atoms with Gasteiger partial charge < -0.3 is 4.74 Å². The molecule has 0 aliphatic rings. The molecule has 1 unspecified atom stereocenters. The molecule has 0 aromatic carbocycles. The van der Waals surface area contributed by atoms with E-state index in [4.69, 9.17) is 10.6 Å². The van der Waals surface area contributed by atoms with Crippen LogP contribution in [-0.2, 0) is 4.74 Å². The Morgan fingerprint density at radius 2 is 2.31 bits per heavy atom. The van der Waals surface area contributed by atoms with E-state index in [2.05, 4.69) is 42.3 Å². The fourth-order valence-electron chi connectivity index (χ4n) is 1.41. The Morgan fingerprint density at radius 3 is 2.88 bits per heavy atom. The minimum atomic E-state index is 0.0395. The molecule has 0 spiro atoms. The summed E-state index contributed by atoms with van der Waals surface area (Å²) in [4.78, 5) is 4.35. The predicted molar refractivity (Wildman–Crippen MR) is 70.8 cm³/mol. The van der Waals surface area contributed by atoms with Crippen LogP contribution in [0, 0.1) is 0 Å². The SMILES string of the molecule is COCCCC(NN)c1ncc(Br)cc1Br. The van der Waals surface area contributed by atoms with E-state index in [9.17, 15) is 0 Å². The van der Waals surface area contributed by atoms with Crippen LogP contribution in [0.1, 0.15) is 24.6 Å². The van der Waals surface area contributed by atoms with E-state index in [0.29, 0.717) is 0 Å². The molecule has 4 nitrogen and oxygen atoms in total. The van der Waals surface area contributed by atoms with Crippen LogP contribution in [0.3, 0.4) is 0 Å². The first kappa shape index (κ1) is 14.1. The molecular weight excluding hydrogens is 338 g/mol. The molecule has 0 saturated heterocycles. The molecule has 0 aliphatic carbocycles. The first-order chi connectivity index (χ1) is 7.69. The number of pyridine rings is 1. The summed E-state index contributed by atoms with van der Waals surface area (Å²) in [6.07, 6.45) is 3.59. The highest BCUT2D eigenvalue weighted by molar-refractivity contribution is 9.11. The van der Waals surface area contributed by atoms with E-state index in [1.807, 2.05) is 6.07 Å². The fraction of sp³-hybridized carbons (Fsp3) is 0.500. The van der Waals surface area contributed by atoms with Gasteiger partial charge in [-0.25, -0.2) is 0 Å². The lowest BCUT2D eigenvalue weighted by Gasteiger charge is -2.16. The molecule has 0 amide bonds. The highest BCUT2D eigenvalue weighted by Crippen LogP contribution is 2.26. The molecule has 0 fully saturated rings. The van der Waals surface area contributed by atoms with Crippen LogP contribution >= 0.6 is 31.9 Å². The van der Waals surface area contributed by atoms with Gasteiger partial charge in [-0.05, 0) is 50.8 Å². The molecule has 16 heavy (non-hydrogen) atoms. The van der Waals surface area contributed by atoms with Gasteiger partial charge in [0.05, 0.1) is 11.7 Å². The molecule has 6 heteroatoms. The van der Waals surface area contributed by atoms with Gasteiger partial charge in [-0.15, -0.1) is 0 Å². The number of rotatable bonds is 6. The Morgan fingerprint density at radius 1 is 1.56 bits per heavy atom. The summed E-state index contributed by atoms with van der Waals surface area (Å²) in [5.74, 6) is 5.53. The second kappa shape index (κ2) is 7.34. The van der Waals surface area contributed by atoms with Crippen molar-refractivity contribution in [2.24, 2.45) is 5.84 Å². The van der Waals surface area contributed by atoms with Crippen LogP contribution in [-0.4, -0.2) is 18.7 Å². The molecule has 3 N–H and O–H groups in total. The number of hydrazine groups is 1. The Labute approximate surface area is 112 Å². The Bertz CT molecular complexity index is 336. The third-order valence-corrected chi connectivity index (χ3v) is 3.28. The summed E-state index contributed by atoms with van der Waals surface area (Å²) in [5, 5.41) is 0. The number of hydrogen-bond acceptors (Lipinski definition) is 4. The maximum atomic E-state index is 5.53. The zero-order valence-electron chi connectivity index (χ0n) is 9.04. The van der Waals surface area contributed by atoms with Crippen LogP contribution in [0.25, 0.3) is 0 Å². The molecule has 1 rings (SSSR count). The van der Waals surface area contributed by atoms with Gasteiger partial charge in [0.2, 0.25) is 0 Å². The van der Waals surface area contributed by atoms with Crippen LogP contribution in [0.5, 0.6) is 0 Å². The number of aromatic nitrogens is 1. The van der Waals surface area contributed by atoms with Crippen molar-refractivity contribution in [3.63, 3.8) is 0 Å². The summed E-state index contributed by atoms with van der Waals surface area (Å²) < 4.78 is 6.90. The van der Waals surface area contributed by atoms with Crippen LogP contribution in [0.15, 0.2) is 21.2 Å². The quantitative estimate of drug-likeness (QED) is 0.469. The number of methoxy groups -OCH3 is 1. The average molecular weight is 353 g/mol. The minimum absolute atomic E-state index is 0.0395. The van der Waals surface area contributed by atoms with Gasteiger partial charge in [-0.1, -0.05) is 0 Å². The zero-order chi connectivity index (χ0) is 12.0. The predicted octanol–water partition coefficient (Wildman–Crippen LogP) is 2.54. The maximum Gasteiger partial charge on any atom is 0.0729 e. The van der Waals surface area contributed by atoms with Gasteiger partial charge in [0.1, 0.15) is 0 Å². The van der Waals surface area contributed by atoms with E-state index in [1.54, 1.807) is 13.3 Å². The lowest BCUT2D eigenvalue weighted by Crippen LogP contribution is -2.29. The van der Waals surface area contributed by atoms with E-state index in [-0.39, 0.29) is 6.04 Å². The van der Waals surface area contributed by atoms with Crippen LogP contribution in [0.4, 0.5) is 0 Å². The summed E-state index contributed by atoms with van der Waals surface area (Å²) >= 11 is 6.85. The maximum absolute atomic E-state index is 5.53.